The third-order valence-corrected chi connectivity index (χ3v) is 8.34. The van der Waals surface area contributed by atoms with Crippen LogP contribution in [0, 0.1) is 0 Å². The molecule has 0 aliphatic heterocycles. The molecule has 2 nitrogen and oxygen atoms in total. The lowest BCUT2D eigenvalue weighted by molar-refractivity contribution is 0.0641. The minimum atomic E-state index is -1.41. The van der Waals surface area contributed by atoms with Crippen molar-refractivity contribution < 1.29 is 4.79 Å². The van der Waals surface area contributed by atoms with Gasteiger partial charge in [-0.15, -0.1) is 0 Å². The van der Waals surface area contributed by atoms with Gasteiger partial charge in [0, 0.05) is 17.6 Å². The van der Waals surface area contributed by atoms with Gasteiger partial charge in [-0.1, -0.05) is 52.5 Å². The third-order valence-electron chi connectivity index (χ3n) is 5.43. The van der Waals surface area contributed by atoms with Crippen LogP contribution < -0.4 is 0 Å². The molecule has 0 fully saturated rings. The fourth-order valence-corrected chi connectivity index (χ4v) is 4.70. The lowest BCUT2D eigenvalue weighted by Crippen LogP contribution is -2.43. The summed E-state index contributed by atoms with van der Waals surface area (Å²) in [6, 6.07) is 4.98. The second kappa shape index (κ2) is 8.53. The predicted molar refractivity (Wildman–Crippen MR) is 113 cm³/mol. The minimum Gasteiger partial charge on any atom is -0.334 e. The SMILES string of the molecule is CCc1cc(CC)c(C(=O)N(C(C)C)C(C)C)c([C@H](C)[Si](C)(C)C)c1. The Balaban J connectivity index is 3.68. The van der Waals surface area contributed by atoms with Crippen molar-refractivity contribution >= 4 is 14.0 Å². The molecule has 0 N–H and O–H groups in total. The molecule has 1 rings (SSSR count). The van der Waals surface area contributed by atoms with Crippen molar-refractivity contribution in [3.8, 4) is 0 Å². The van der Waals surface area contributed by atoms with Gasteiger partial charge in [-0.2, -0.15) is 0 Å². The van der Waals surface area contributed by atoms with Gasteiger partial charge in [0.1, 0.15) is 0 Å². The van der Waals surface area contributed by atoms with Gasteiger partial charge in [0.15, 0.2) is 0 Å². The maximum absolute atomic E-state index is 13.6. The molecule has 1 aromatic carbocycles. The molecule has 0 saturated heterocycles. The first-order chi connectivity index (χ1) is 11.4. The van der Waals surface area contributed by atoms with Gasteiger partial charge in [-0.25, -0.2) is 0 Å². The van der Waals surface area contributed by atoms with Crippen molar-refractivity contribution in [2.24, 2.45) is 0 Å². The lowest BCUT2D eigenvalue weighted by atomic mass is 9.92. The topological polar surface area (TPSA) is 20.3 Å². The number of hydrogen-bond acceptors (Lipinski definition) is 1. The Morgan fingerprint density at radius 3 is 1.84 bits per heavy atom. The first-order valence-corrected chi connectivity index (χ1v) is 13.5. The van der Waals surface area contributed by atoms with Crippen molar-refractivity contribution in [1.82, 2.24) is 4.90 Å². The highest BCUT2D eigenvalue weighted by Gasteiger charge is 2.32. The van der Waals surface area contributed by atoms with Gasteiger partial charge >= 0.3 is 0 Å². The van der Waals surface area contributed by atoms with Gasteiger partial charge < -0.3 is 4.90 Å². The summed E-state index contributed by atoms with van der Waals surface area (Å²) in [5.74, 6) is 0.213. The van der Waals surface area contributed by atoms with E-state index in [0.29, 0.717) is 5.54 Å². The van der Waals surface area contributed by atoms with Crippen LogP contribution in [0.25, 0.3) is 0 Å². The Morgan fingerprint density at radius 1 is 0.960 bits per heavy atom. The number of benzene rings is 1. The molecule has 1 aromatic rings. The number of nitrogens with zero attached hydrogens (tertiary/aromatic N) is 1. The van der Waals surface area contributed by atoms with Crippen LogP contribution >= 0.6 is 0 Å². The quantitative estimate of drug-likeness (QED) is 0.541. The largest absolute Gasteiger partial charge is 0.334 e. The normalized spacial score (nSPS) is 13.4. The monoisotopic (exact) mass is 361 g/mol. The molecule has 0 radical (unpaired) electrons. The smallest absolute Gasteiger partial charge is 0.254 e. The Hall–Kier alpha value is -1.09. The molecule has 0 bridgehead atoms. The second-order valence-electron chi connectivity index (χ2n) is 8.91. The van der Waals surface area contributed by atoms with Gasteiger partial charge in [0.25, 0.3) is 5.91 Å². The maximum Gasteiger partial charge on any atom is 0.254 e. The Bertz CT molecular complexity index is 591. The van der Waals surface area contributed by atoms with E-state index in [1.165, 1.54) is 16.7 Å². The molecule has 142 valence electrons. The standard InChI is InChI=1S/C22H39NOSi/c1-11-18-13-19(12-2)21(20(14-18)17(7)25(8,9)10)22(24)23(15(3)4)16(5)6/h13-17H,11-12H2,1-10H3/t17-/m0/s1. The average Bonchev–Trinajstić information content (AvgIpc) is 2.50. The van der Waals surface area contributed by atoms with Gasteiger partial charge in [-0.3, -0.25) is 4.79 Å². The summed E-state index contributed by atoms with van der Waals surface area (Å²) in [6.45, 7) is 22.4. The molecular weight excluding hydrogens is 322 g/mol. The highest BCUT2D eigenvalue weighted by Crippen LogP contribution is 2.33. The molecule has 0 aliphatic carbocycles. The summed E-state index contributed by atoms with van der Waals surface area (Å²) in [4.78, 5) is 15.6. The van der Waals surface area contributed by atoms with E-state index >= 15 is 0 Å². The second-order valence-corrected chi connectivity index (χ2v) is 14.5. The molecule has 25 heavy (non-hydrogen) atoms. The number of amides is 1. The van der Waals surface area contributed by atoms with Crippen LogP contribution in [0.3, 0.4) is 0 Å². The zero-order chi connectivity index (χ0) is 19.5. The molecule has 1 atom stereocenters. The van der Waals surface area contributed by atoms with Crippen molar-refractivity contribution in [3.63, 3.8) is 0 Å². The maximum atomic E-state index is 13.6. The van der Waals surface area contributed by atoms with E-state index in [2.05, 4.69) is 80.2 Å². The highest BCUT2D eigenvalue weighted by atomic mass is 28.3. The molecule has 0 saturated carbocycles. The van der Waals surface area contributed by atoms with Crippen molar-refractivity contribution in [1.29, 1.82) is 0 Å². The zero-order valence-corrected chi connectivity index (χ0v) is 19.2. The van der Waals surface area contributed by atoms with Crippen LogP contribution in [0.15, 0.2) is 12.1 Å². The summed E-state index contributed by atoms with van der Waals surface area (Å²) < 4.78 is 0. The number of rotatable bonds is 7. The van der Waals surface area contributed by atoms with Crippen molar-refractivity contribution in [2.75, 3.05) is 0 Å². The van der Waals surface area contributed by atoms with Crippen LogP contribution in [0.5, 0.6) is 0 Å². The van der Waals surface area contributed by atoms with Gasteiger partial charge in [-0.05, 0) is 62.8 Å². The molecule has 0 unspecified atom stereocenters. The minimum absolute atomic E-state index is 0.207. The lowest BCUT2D eigenvalue weighted by Gasteiger charge is -2.35. The molecular formula is C22H39NOSi. The van der Waals surface area contributed by atoms with E-state index in [0.717, 1.165) is 18.4 Å². The Labute approximate surface area is 157 Å². The van der Waals surface area contributed by atoms with E-state index in [1.807, 2.05) is 4.90 Å². The highest BCUT2D eigenvalue weighted by molar-refractivity contribution is 6.77. The van der Waals surface area contributed by atoms with Crippen LogP contribution in [-0.4, -0.2) is 31.0 Å². The number of carbonyl (C=O) groups excluding carboxylic acids is 1. The van der Waals surface area contributed by atoms with Crippen LogP contribution in [0.1, 0.15) is 81.1 Å². The molecule has 0 aromatic heterocycles. The summed E-state index contributed by atoms with van der Waals surface area (Å²) in [6.07, 6.45) is 1.93. The van der Waals surface area contributed by atoms with E-state index in [9.17, 15) is 4.79 Å². The molecule has 0 aliphatic rings. The van der Waals surface area contributed by atoms with Crippen LogP contribution in [-0.2, 0) is 12.8 Å². The van der Waals surface area contributed by atoms with Crippen LogP contribution in [0.2, 0.25) is 19.6 Å². The van der Waals surface area contributed by atoms with Crippen molar-refractivity contribution in [2.45, 2.75) is 98.6 Å². The zero-order valence-electron chi connectivity index (χ0n) is 18.2. The number of hydrogen-bond donors (Lipinski definition) is 0. The predicted octanol–water partition coefficient (Wildman–Crippen LogP) is 6.05. The van der Waals surface area contributed by atoms with E-state index < -0.39 is 8.07 Å². The number of aryl methyl sites for hydroxylation is 2. The average molecular weight is 362 g/mol. The molecule has 1 amide bonds. The Morgan fingerprint density at radius 2 is 1.48 bits per heavy atom. The Kier molecular flexibility index (Phi) is 7.49. The molecule has 0 spiro atoms. The fourth-order valence-electron chi connectivity index (χ4n) is 3.54. The third kappa shape index (κ3) is 4.96. The van der Waals surface area contributed by atoms with Gasteiger partial charge in [0.05, 0.1) is 8.07 Å². The number of carbonyl (C=O) groups is 1. The van der Waals surface area contributed by atoms with Gasteiger partial charge in [0.2, 0.25) is 0 Å². The summed E-state index contributed by atoms with van der Waals surface area (Å²) in [7, 11) is -1.41. The first-order valence-electron chi connectivity index (χ1n) is 9.93. The first kappa shape index (κ1) is 21.9. The van der Waals surface area contributed by atoms with Crippen molar-refractivity contribution in [3.05, 3.63) is 34.4 Å². The summed E-state index contributed by atoms with van der Waals surface area (Å²) in [5.41, 5.74) is 5.30. The molecule has 3 heteroatoms. The summed E-state index contributed by atoms with van der Waals surface area (Å²) in [5, 5.41) is 0. The van der Waals surface area contributed by atoms with E-state index in [-0.39, 0.29) is 18.0 Å². The fraction of sp³-hybridized carbons (Fsp3) is 0.682. The van der Waals surface area contributed by atoms with E-state index in [4.69, 9.17) is 0 Å². The van der Waals surface area contributed by atoms with E-state index in [1.54, 1.807) is 0 Å². The summed E-state index contributed by atoms with van der Waals surface area (Å²) >= 11 is 0. The molecule has 0 heterocycles. The van der Waals surface area contributed by atoms with Crippen LogP contribution in [0.4, 0.5) is 0 Å².